The molecule has 0 aromatic heterocycles. The third kappa shape index (κ3) is 7.96. The lowest BCUT2D eigenvalue weighted by molar-refractivity contribution is 0.0955. The molecule has 1 rings (SSSR count). The Morgan fingerprint density at radius 1 is 1.26 bits per heavy atom. The number of carbonyl (C=O) groups is 1. The van der Waals surface area contributed by atoms with Gasteiger partial charge in [-0.25, -0.2) is 13.1 Å². The van der Waals surface area contributed by atoms with Crippen LogP contribution in [0.3, 0.4) is 0 Å². The van der Waals surface area contributed by atoms with Gasteiger partial charge in [0.25, 0.3) is 5.91 Å². The highest BCUT2D eigenvalue weighted by atomic mass is 32.2. The molecule has 0 radical (unpaired) electrons. The van der Waals surface area contributed by atoms with Gasteiger partial charge in [-0.15, -0.1) is 0 Å². The van der Waals surface area contributed by atoms with Gasteiger partial charge in [-0.05, 0) is 31.5 Å². The summed E-state index contributed by atoms with van der Waals surface area (Å²) in [4.78, 5) is 11.9. The third-order valence-electron chi connectivity index (χ3n) is 2.98. The molecule has 0 saturated heterocycles. The lowest BCUT2D eigenvalue weighted by atomic mass is 10.2. The number of carbonyl (C=O) groups excluding carboxylic acids is 1. The Bertz CT molecular complexity index is 589. The van der Waals surface area contributed by atoms with Crippen molar-refractivity contribution in [2.24, 2.45) is 0 Å². The molecule has 1 amide bonds. The number of hydrogen-bond acceptors (Lipinski definition) is 5. The highest BCUT2D eigenvalue weighted by molar-refractivity contribution is 7.89. The molecule has 0 spiro atoms. The summed E-state index contributed by atoms with van der Waals surface area (Å²) in [6.07, 6.45) is 0.614. The second-order valence-corrected chi connectivity index (χ2v) is 6.68. The number of hydrogen-bond donors (Lipinski definition) is 2. The average Bonchev–Trinajstić information content (AvgIpc) is 2.54. The Kier molecular flexibility index (Phi) is 8.60. The standard InChI is InChI=1S/C15H24N2O5S/c1-3-22-10-5-8-17-23(19,20)11-9-16-15(18)13-6-4-7-14(12-13)21-2/h4,6-7,12,17H,3,5,8-11H2,1-2H3,(H,16,18). The Morgan fingerprint density at radius 2 is 2.04 bits per heavy atom. The van der Waals surface area contributed by atoms with Crippen molar-refractivity contribution in [2.75, 3.05) is 39.2 Å². The van der Waals surface area contributed by atoms with Crippen molar-refractivity contribution in [3.05, 3.63) is 29.8 Å². The molecule has 0 unspecified atom stereocenters. The molecule has 0 heterocycles. The Hall–Kier alpha value is -1.64. The molecule has 23 heavy (non-hydrogen) atoms. The fourth-order valence-electron chi connectivity index (χ4n) is 1.78. The van der Waals surface area contributed by atoms with Gasteiger partial charge in [0.05, 0.1) is 12.9 Å². The first kappa shape index (κ1) is 19.4. The molecule has 0 aliphatic heterocycles. The summed E-state index contributed by atoms with van der Waals surface area (Å²) in [5.74, 6) is 0.0637. The number of benzene rings is 1. The molecule has 8 heteroatoms. The van der Waals surface area contributed by atoms with Crippen molar-refractivity contribution in [2.45, 2.75) is 13.3 Å². The van der Waals surface area contributed by atoms with E-state index in [0.717, 1.165) is 0 Å². The van der Waals surface area contributed by atoms with Gasteiger partial charge in [0, 0.05) is 31.9 Å². The van der Waals surface area contributed by atoms with Crippen LogP contribution in [0.2, 0.25) is 0 Å². The normalized spacial score (nSPS) is 11.2. The van der Waals surface area contributed by atoms with Crippen LogP contribution in [0, 0.1) is 0 Å². The maximum Gasteiger partial charge on any atom is 0.251 e. The minimum Gasteiger partial charge on any atom is -0.497 e. The quantitative estimate of drug-likeness (QED) is 0.578. The summed E-state index contributed by atoms with van der Waals surface area (Å²) in [6, 6.07) is 6.66. The molecule has 0 fully saturated rings. The predicted molar refractivity (Wildman–Crippen MR) is 88.2 cm³/mol. The minimum atomic E-state index is -3.40. The van der Waals surface area contributed by atoms with Crippen molar-refractivity contribution in [1.29, 1.82) is 0 Å². The van der Waals surface area contributed by atoms with E-state index in [1.54, 1.807) is 24.3 Å². The van der Waals surface area contributed by atoms with E-state index in [0.29, 0.717) is 37.5 Å². The molecule has 0 bridgehead atoms. The molecular weight excluding hydrogens is 320 g/mol. The Balaban J connectivity index is 2.32. The summed E-state index contributed by atoms with van der Waals surface area (Å²) in [7, 11) is -1.89. The second kappa shape index (κ2) is 10.2. The highest BCUT2D eigenvalue weighted by Gasteiger charge is 2.11. The first-order chi connectivity index (χ1) is 11.0. The average molecular weight is 344 g/mol. The maximum absolute atomic E-state index is 11.9. The zero-order chi connectivity index (χ0) is 17.1. The van der Waals surface area contributed by atoms with Crippen LogP contribution in [0.25, 0.3) is 0 Å². The molecule has 0 atom stereocenters. The van der Waals surface area contributed by atoms with E-state index in [-0.39, 0.29) is 18.2 Å². The van der Waals surface area contributed by atoms with Gasteiger partial charge in [0.2, 0.25) is 10.0 Å². The smallest absolute Gasteiger partial charge is 0.251 e. The van der Waals surface area contributed by atoms with Gasteiger partial charge in [0.15, 0.2) is 0 Å². The molecule has 1 aromatic carbocycles. The van der Waals surface area contributed by atoms with E-state index in [1.165, 1.54) is 7.11 Å². The maximum atomic E-state index is 11.9. The van der Waals surface area contributed by atoms with Crippen molar-refractivity contribution in [1.82, 2.24) is 10.0 Å². The Morgan fingerprint density at radius 3 is 2.74 bits per heavy atom. The van der Waals surface area contributed by atoms with Crippen LogP contribution in [0.15, 0.2) is 24.3 Å². The molecule has 1 aromatic rings. The van der Waals surface area contributed by atoms with Crippen LogP contribution in [0.1, 0.15) is 23.7 Å². The first-order valence-electron chi connectivity index (χ1n) is 7.46. The van der Waals surface area contributed by atoms with Crippen LogP contribution < -0.4 is 14.8 Å². The van der Waals surface area contributed by atoms with Crippen LogP contribution in [0.4, 0.5) is 0 Å². The second-order valence-electron chi connectivity index (χ2n) is 4.75. The van der Waals surface area contributed by atoms with Crippen LogP contribution in [-0.4, -0.2) is 53.5 Å². The Labute approximate surface area is 137 Å². The molecule has 0 saturated carbocycles. The number of methoxy groups -OCH3 is 1. The van der Waals surface area contributed by atoms with Crippen LogP contribution >= 0.6 is 0 Å². The van der Waals surface area contributed by atoms with Crippen LogP contribution in [0.5, 0.6) is 5.75 Å². The zero-order valence-corrected chi connectivity index (χ0v) is 14.3. The summed E-state index contributed by atoms with van der Waals surface area (Å²) in [5.41, 5.74) is 0.423. The molecule has 0 aliphatic carbocycles. The monoisotopic (exact) mass is 344 g/mol. The molecule has 0 aliphatic rings. The topological polar surface area (TPSA) is 93.7 Å². The minimum absolute atomic E-state index is 0.0385. The largest absolute Gasteiger partial charge is 0.497 e. The predicted octanol–water partition coefficient (Wildman–Crippen LogP) is 0.771. The first-order valence-corrected chi connectivity index (χ1v) is 9.11. The summed E-state index contributed by atoms with van der Waals surface area (Å²) >= 11 is 0. The van der Waals surface area contributed by atoms with Gasteiger partial charge < -0.3 is 14.8 Å². The van der Waals surface area contributed by atoms with E-state index in [1.807, 2.05) is 6.92 Å². The lowest BCUT2D eigenvalue weighted by Crippen LogP contribution is -2.35. The van der Waals surface area contributed by atoms with Gasteiger partial charge in [-0.1, -0.05) is 6.07 Å². The number of sulfonamides is 1. The van der Waals surface area contributed by atoms with Gasteiger partial charge >= 0.3 is 0 Å². The number of amides is 1. The summed E-state index contributed by atoms with van der Waals surface area (Å²) < 4.78 is 36.2. The van der Waals surface area contributed by atoms with E-state index < -0.39 is 10.0 Å². The molecule has 2 N–H and O–H groups in total. The van der Waals surface area contributed by atoms with Gasteiger partial charge in [-0.2, -0.15) is 0 Å². The lowest BCUT2D eigenvalue weighted by Gasteiger charge is -2.08. The summed E-state index contributed by atoms with van der Waals surface area (Å²) in [5, 5.41) is 2.58. The number of nitrogens with one attached hydrogen (secondary N) is 2. The van der Waals surface area contributed by atoms with Crippen molar-refractivity contribution in [3.63, 3.8) is 0 Å². The van der Waals surface area contributed by atoms with Crippen molar-refractivity contribution >= 4 is 15.9 Å². The van der Waals surface area contributed by atoms with E-state index >= 15 is 0 Å². The number of rotatable bonds is 11. The molecule has 7 nitrogen and oxygen atoms in total. The van der Waals surface area contributed by atoms with E-state index in [4.69, 9.17) is 9.47 Å². The third-order valence-corrected chi connectivity index (χ3v) is 4.37. The zero-order valence-electron chi connectivity index (χ0n) is 13.5. The summed E-state index contributed by atoms with van der Waals surface area (Å²) in [6.45, 7) is 3.38. The van der Waals surface area contributed by atoms with E-state index in [2.05, 4.69) is 10.0 Å². The highest BCUT2D eigenvalue weighted by Crippen LogP contribution is 2.12. The van der Waals surface area contributed by atoms with Crippen molar-refractivity contribution < 1.29 is 22.7 Å². The molecular formula is C15H24N2O5S. The fraction of sp³-hybridized carbons (Fsp3) is 0.533. The van der Waals surface area contributed by atoms with Crippen LogP contribution in [-0.2, 0) is 14.8 Å². The SMILES string of the molecule is CCOCCCNS(=O)(=O)CCNC(=O)c1cccc(OC)c1. The van der Waals surface area contributed by atoms with Gasteiger partial charge in [0.1, 0.15) is 5.75 Å². The van der Waals surface area contributed by atoms with Crippen molar-refractivity contribution in [3.8, 4) is 5.75 Å². The number of ether oxygens (including phenoxy) is 2. The van der Waals surface area contributed by atoms with Gasteiger partial charge in [-0.3, -0.25) is 4.79 Å². The molecule has 130 valence electrons. The van der Waals surface area contributed by atoms with E-state index in [9.17, 15) is 13.2 Å². The fourth-order valence-corrected chi connectivity index (χ4v) is 2.75.